The first-order chi connectivity index (χ1) is 13.9. The zero-order chi connectivity index (χ0) is 18.8. The number of nitrogens with one attached hydrogen (secondary N) is 1. The van der Waals surface area contributed by atoms with E-state index >= 15 is 0 Å². The van der Waals surface area contributed by atoms with E-state index in [1.807, 2.05) is 6.07 Å². The number of allylic oxidation sites excluding steroid dienone is 1. The van der Waals surface area contributed by atoms with Crippen LogP contribution in [-0.2, 0) is 0 Å². The summed E-state index contributed by atoms with van der Waals surface area (Å²) in [5.74, 6) is 1.81. The van der Waals surface area contributed by atoms with Gasteiger partial charge in [-0.1, -0.05) is 36.4 Å². The number of rotatable bonds is 6. The lowest BCUT2D eigenvalue weighted by Gasteiger charge is -2.35. The van der Waals surface area contributed by atoms with Crippen LogP contribution in [0, 0.1) is 0 Å². The van der Waals surface area contributed by atoms with Gasteiger partial charge < -0.3 is 19.7 Å². The normalized spacial score (nSPS) is 18.3. The summed E-state index contributed by atoms with van der Waals surface area (Å²) in [4.78, 5) is 2.45. The highest BCUT2D eigenvalue weighted by molar-refractivity contribution is 5.95. The first kappa shape index (κ1) is 17.6. The van der Waals surface area contributed by atoms with Gasteiger partial charge >= 0.3 is 0 Å². The third-order valence-electron chi connectivity index (χ3n) is 6.07. The summed E-state index contributed by atoms with van der Waals surface area (Å²) in [7, 11) is 0. The molecule has 1 N–H and O–H groups in total. The van der Waals surface area contributed by atoms with Crippen molar-refractivity contribution < 1.29 is 9.47 Å². The molecule has 0 aromatic heterocycles. The van der Waals surface area contributed by atoms with Gasteiger partial charge in [-0.15, -0.1) is 0 Å². The molecule has 0 spiro atoms. The molecule has 0 radical (unpaired) electrons. The van der Waals surface area contributed by atoms with Crippen molar-refractivity contribution in [2.45, 2.75) is 31.7 Å². The first-order valence-electron chi connectivity index (χ1n) is 10.6. The molecule has 1 aliphatic carbocycles. The number of anilines is 1. The van der Waals surface area contributed by atoms with Crippen LogP contribution in [-0.4, -0.2) is 38.9 Å². The lowest BCUT2D eigenvalue weighted by molar-refractivity contribution is 0.172. The zero-order valence-corrected chi connectivity index (χ0v) is 16.3. The Morgan fingerprint density at radius 2 is 1.82 bits per heavy atom. The molecule has 3 aliphatic rings. The first-order valence-corrected chi connectivity index (χ1v) is 10.6. The van der Waals surface area contributed by atoms with E-state index in [0.29, 0.717) is 19.3 Å². The Kier molecular flexibility index (Phi) is 4.96. The number of benzene rings is 2. The second-order valence-electron chi connectivity index (χ2n) is 7.88. The van der Waals surface area contributed by atoms with Gasteiger partial charge in [0, 0.05) is 19.1 Å². The Morgan fingerprint density at radius 1 is 0.964 bits per heavy atom. The number of ether oxygens (including phenoxy) is 2. The molecule has 2 heterocycles. The third-order valence-corrected chi connectivity index (χ3v) is 6.07. The van der Waals surface area contributed by atoms with E-state index in [-0.39, 0.29) is 0 Å². The van der Waals surface area contributed by atoms with Gasteiger partial charge in [-0.25, -0.2) is 0 Å². The standard InChI is InChI=1S/C24H28N2O2/c1-2-7-21-18(5-1)17-19(21)6-4-12-25-20-10-13-26(14-11-20)22-8-3-9-23-24(22)28-16-15-27-23/h1-3,5,7-9,17,20,25H,4,6,10-16H2. The van der Waals surface area contributed by atoms with Gasteiger partial charge in [0.05, 0.1) is 5.69 Å². The Morgan fingerprint density at radius 3 is 2.71 bits per heavy atom. The SMILES string of the molecule is C1=C(CCCNC2CCN(c3cccc4c3OCCO4)CC2)c2ccccc21. The van der Waals surface area contributed by atoms with Gasteiger partial charge in [0.15, 0.2) is 11.5 Å². The van der Waals surface area contributed by atoms with E-state index < -0.39 is 0 Å². The van der Waals surface area contributed by atoms with Crippen LogP contribution in [0.3, 0.4) is 0 Å². The second kappa shape index (κ2) is 7.88. The molecule has 0 unspecified atom stereocenters. The van der Waals surface area contributed by atoms with Gasteiger partial charge in [-0.3, -0.25) is 0 Å². The molecule has 0 atom stereocenters. The molecule has 2 aromatic carbocycles. The molecular weight excluding hydrogens is 348 g/mol. The summed E-state index contributed by atoms with van der Waals surface area (Å²) in [6.45, 7) is 4.52. The minimum absolute atomic E-state index is 0.621. The van der Waals surface area contributed by atoms with E-state index in [1.165, 1.54) is 48.1 Å². The Bertz CT molecular complexity index is 869. The van der Waals surface area contributed by atoms with E-state index in [9.17, 15) is 0 Å². The van der Waals surface area contributed by atoms with E-state index in [1.54, 1.807) is 0 Å². The molecule has 4 nitrogen and oxygen atoms in total. The molecule has 0 bridgehead atoms. The molecule has 28 heavy (non-hydrogen) atoms. The fraction of sp³-hybridized carbons (Fsp3) is 0.417. The van der Waals surface area contributed by atoms with E-state index in [0.717, 1.165) is 31.1 Å². The molecule has 2 aromatic rings. The summed E-state index contributed by atoms with van der Waals surface area (Å²) < 4.78 is 11.6. The van der Waals surface area contributed by atoms with Crippen molar-refractivity contribution in [1.82, 2.24) is 5.32 Å². The van der Waals surface area contributed by atoms with Crippen molar-refractivity contribution >= 4 is 17.3 Å². The fourth-order valence-corrected chi connectivity index (χ4v) is 4.53. The largest absolute Gasteiger partial charge is 0.486 e. The molecule has 5 rings (SSSR count). The van der Waals surface area contributed by atoms with E-state index in [2.05, 4.69) is 52.7 Å². The smallest absolute Gasteiger partial charge is 0.184 e. The summed E-state index contributed by atoms with van der Waals surface area (Å²) in [5, 5.41) is 3.77. The van der Waals surface area contributed by atoms with Gasteiger partial charge in [-0.2, -0.15) is 0 Å². The van der Waals surface area contributed by atoms with Crippen LogP contribution in [0.1, 0.15) is 36.8 Å². The molecule has 146 valence electrons. The van der Waals surface area contributed by atoms with Gasteiger partial charge in [0.2, 0.25) is 0 Å². The number of nitrogens with zero attached hydrogens (tertiary/aromatic N) is 1. The van der Waals surface area contributed by atoms with Crippen LogP contribution in [0.25, 0.3) is 11.6 Å². The molecule has 1 fully saturated rings. The average molecular weight is 377 g/mol. The molecule has 2 aliphatic heterocycles. The van der Waals surface area contributed by atoms with Crippen molar-refractivity contribution in [2.24, 2.45) is 0 Å². The van der Waals surface area contributed by atoms with Gasteiger partial charge in [0.25, 0.3) is 0 Å². The topological polar surface area (TPSA) is 33.7 Å². The van der Waals surface area contributed by atoms with Crippen molar-refractivity contribution in [3.05, 3.63) is 53.6 Å². The number of fused-ring (bicyclic) bond motifs is 2. The quantitative estimate of drug-likeness (QED) is 0.760. The predicted molar refractivity (Wildman–Crippen MR) is 114 cm³/mol. The Balaban J connectivity index is 1.07. The van der Waals surface area contributed by atoms with Crippen molar-refractivity contribution in [2.75, 3.05) is 37.7 Å². The van der Waals surface area contributed by atoms with Crippen molar-refractivity contribution in [3.63, 3.8) is 0 Å². The van der Waals surface area contributed by atoms with Crippen LogP contribution in [0.2, 0.25) is 0 Å². The van der Waals surface area contributed by atoms with Crippen LogP contribution in [0.5, 0.6) is 11.5 Å². The fourth-order valence-electron chi connectivity index (χ4n) is 4.53. The van der Waals surface area contributed by atoms with Crippen LogP contribution in [0.15, 0.2) is 42.5 Å². The highest BCUT2D eigenvalue weighted by Crippen LogP contribution is 2.40. The highest BCUT2D eigenvalue weighted by atomic mass is 16.6. The minimum Gasteiger partial charge on any atom is -0.486 e. The minimum atomic E-state index is 0.621. The number of hydrogen-bond acceptors (Lipinski definition) is 4. The number of hydrogen-bond donors (Lipinski definition) is 1. The van der Waals surface area contributed by atoms with E-state index in [4.69, 9.17) is 9.47 Å². The van der Waals surface area contributed by atoms with Crippen molar-refractivity contribution in [1.29, 1.82) is 0 Å². The third kappa shape index (κ3) is 3.49. The Hall–Kier alpha value is -2.46. The highest BCUT2D eigenvalue weighted by Gasteiger charge is 2.24. The molecular formula is C24H28N2O2. The summed E-state index contributed by atoms with van der Waals surface area (Å²) in [5.41, 5.74) is 5.55. The molecule has 4 heteroatoms. The molecule has 0 amide bonds. The number of para-hydroxylation sites is 1. The molecule has 1 saturated heterocycles. The summed E-state index contributed by atoms with van der Waals surface area (Å²) >= 11 is 0. The maximum Gasteiger partial charge on any atom is 0.184 e. The van der Waals surface area contributed by atoms with Crippen LogP contribution < -0.4 is 19.7 Å². The van der Waals surface area contributed by atoms with Crippen LogP contribution in [0.4, 0.5) is 5.69 Å². The summed E-state index contributed by atoms with van der Waals surface area (Å²) in [6.07, 6.45) is 7.07. The molecule has 0 saturated carbocycles. The van der Waals surface area contributed by atoms with Crippen molar-refractivity contribution in [3.8, 4) is 11.5 Å². The Labute approximate surface area is 167 Å². The maximum atomic E-state index is 5.89. The van der Waals surface area contributed by atoms with Gasteiger partial charge in [-0.05, 0) is 61.1 Å². The average Bonchev–Trinajstić information content (AvgIpc) is 2.74. The number of piperidine rings is 1. The zero-order valence-electron chi connectivity index (χ0n) is 16.3. The lowest BCUT2D eigenvalue weighted by Crippen LogP contribution is -2.43. The predicted octanol–water partition coefficient (Wildman–Crippen LogP) is 4.35. The second-order valence-corrected chi connectivity index (χ2v) is 7.88. The monoisotopic (exact) mass is 376 g/mol. The van der Waals surface area contributed by atoms with Crippen LogP contribution >= 0.6 is 0 Å². The van der Waals surface area contributed by atoms with Gasteiger partial charge in [0.1, 0.15) is 13.2 Å². The lowest BCUT2D eigenvalue weighted by atomic mass is 9.86. The summed E-state index contributed by atoms with van der Waals surface area (Å²) in [6, 6.07) is 15.5. The maximum absolute atomic E-state index is 5.89.